The fourth-order valence-electron chi connectivity index (χ4n) is 2.60. The van der Waals surface area contributed by atoms with Gasteiger partial charge < -0.3 is 20.1 Å². The molecule has 0 unspecified atom stereocenters. The van der Waals surface area contributed by atoms with Gasteiger partial charge in [-0.25, -0.2) is 0 Å². The molecule has 2 N–H and O–H groups in total. The van der Waals surface area contributed by atoms with E-state index in [1.165, 1.54) is 11.1 Å². The predicted octanol–water partition coefficient (Wildman–Crippen LogP) is 3.35. The Hall–Kier alpha value is -2.69. The van der Waals surface area contributed by atoms with Gasteiger partial charge in [-0.05, 0) is 35.4 Å². The van der Waals surface area contributed by atoms with Crippen LogP contribution in [0.4, 0.5) is 0 Å². The molecule has 0 bridgehead atoms. The minimum absolute atomic E-state index is 0.0377. The largest absolute Gasteiger partial charge is 0.497 e. The summed E-state index contributed by atoms with van der Waals surface area (Å²) in [6.45, 7) is 5.88. The Morgan fingerprint density at radius 1 is 0.885 bits per heavy atom. The Balaban J connectivity index is 1.90. The fourth-order valence-corrected chi connectivity index (χ4v) is 2.60. The molecular formula is C21H29N3O2. The number of benzene rings is 2. The second-order valence-electron chi connectivity index (χ2n) is 6.74. The van der Waals surface area contributed by atoms with Crippen LogP contribution in [0.2, 0.25) is 0 Å². The van der Waals surface area contributed by atoms with E-state index < -0.39 is 0 Å². The summed E-state index contributed by atoms with van der Waals surface area (Å²) in [5.41, 5.74) is 2.38. The average Bonchev–Trinajstić information content (AvgIpc) is 2.68. The molecule has 0 spiro atoms. The van der Waals surface area contributed by atoms with Crippen LogP contribution in [0.1, 0.15) is 25.0 Å². The topological polar surface area (TPSA) is 54.9 Å². The van der Waals surface area contributed by atoms with Gasteiger partial charge in [0.05, 0.1) is 14.2 Å². The predicted molar refractivity (Wildman–Crippen MR) is 107 cm³/mol. The number of nitrogens with zero attached hydrogens (tertiary/aromatic N) is 1. The van der Waals surface area contributed by atoms with E-state index in [0.29, 0.717) is 6.54 Å². The molecule has 0 aromatic heterocycles. The van der Waals surface area contributed by atoms with E-state index in [1.807, 2.05) is 36.4 Å². The first-order valence-electron chi connectivity index (χ1n) is 8.70. The van der Waals surface area contributed by atoms with Gasteiger partial charge in [-0.1, -0.05) is 38.1 Å². The Morgan fingerprint density at radius 2 is 1.42 bits per heavy atom. The van der Waals surface area contributed by atoms with Crippen molar-refractivity contribution in [1.29, 1.82) is 0 Å². The van der Waals surface area contributed by atoms with Gasteiger partial charge in [-0.2, -0.15) is 0 Å². The molecule has 0 saturated heterocycles. The van der Waals surface area contributed by atoms with Crippen molar-refractivity contribution in [3.05, 3.63) is 59.7 Å². The zero-order chi connectivity index (χ0) is 19.0. The number of guanidine groups is 1. The Bertz CT molecular complexity index is 707. The van der Waals surface area contributed by atoms with Crippen LogP contribution in [-0.4, -0.2) is 33.8 Å². The molecular weight excluding hydrogens is 326 g/mol. The van der Waals surface area contributed by atoms with Crippen molar-refractivity contribution in [3.63, 3.8) is 0 Å². The second-order valence-corrected chi connectivity index (χ2v) is 6.74. The van der Waals surface area contributed by atoms with E-state index in [2.05, 4.69) is 41.6 Å². The minimum atomic E-state index is -0.0377. The van der Waals surface area contributed by atoms with Crippen LogP contribution < -0.4 is 20.1 Å². The standard InChI is InChI=1S/C21H29N3O2/c1-21(2,17-8-12-19(26-5)13-9-17)15-24-20(22-3)23-14-16-6-10-18(25-4)11-7-16/h6-13H,14-15H2,1-5H3,(H2,22,23,24). The van der Waals surface area contributed by atoms with Gasteiger partial charge in [0.15, 0.2) is 5.96 Å². The zero-order valence-corrected chi connectivity index (χ0v) is 16.3. The molecule has 26 heavy (non-hydrogen) atoms. The quantitative estimate of drug-likeness (QED) is 0.591. The van der Waals surface area contributed by atoms with Gasteiger partial charge >= 0.3 is 0 Å². The first-order valence-corrected chi connectivity index (χ1v) is 8.70. The lowest BCUT2D eigenvalue weighted by atomic mass is 9.84. The van der Waals surface area contributed by atoms with Crippen molar-refractivity contribution in [3.8, 4) is 11.5 Å². The smallest absolute Gasteiger partial charge is 0.191 e. The molecule has 0 heterocycles. The number of aliphatic imine (C=N–C) groups is 1. The van der Waals surface area contributed by atoms with Crippen LogP contribution >= 0.6 is 0 Å². The molecule has 0 radical (unpaired) electrons. The molecule has 0 amide bonds. The number of rotatable bonds is 7. The third-order valence-corrected chi connectivity index (χ3v) is 4.41. The molecule has 2 aromatic carbocycles. The summed E-state index contributed by atoms with van der Waals surface area (Å²) in [6.07, 6.45) is 0. The van der Waals surface area contributed by atoms with E-state index in [-0.39, 0.29) is 5.41 Å². The van der Waals surface area contributed by atoms with Gasteiger partial charge in [-0.3, -0.25) is 4.99 Å². The summed E-state index contributed by atoms with van der Waals surface area (Å²) in [6, 6.07) is 16.2. The maximum atomic E-state index is 5.23. The van der Waals surface area contributed by atoms with Crippen LogP contribution in [0.5, 0.6) is 11.5 Å². The molecule has 0 aliphatic heterocycles. The van der Waals surface area contributed by atoms with Crippen molar-refractivity contribution in [1.82, 2.24) is 10.6 Å². The van der Waals surface area contributed by atoms with E-state index in [0.717, 1.165) is 24.0 Å². The van der Waals surface area contributed by atoms with Gasteiger partial charge in [0.2, 0.25) is 0 Å². The highest BCUT2D eigenvalue weighted by molar-refractivity contribution is 5.79. The van der Waals surface area contributed by atoms with Crippen LogP contribution in [0.15, 0.2) is 53.5 Å². The summed E-state index contributed by atoms with van der Waals surface area (Å²) in [5, 5.41) is 6.76. The Kier molecular flexibility index (Phi) is 6.89. The normalized spacial score (nSPS) is 11.8. The Labute approximate surface area is 156 Å². The fraction of sp³-hybridized carbons (Fsp3) is 0.381. The highest BCUT2D eigenvalue weighted by Gasteiger charge is 2.21. The van der Waals surface area contributed by atoms with Crippen molar-refractivity contribution < 1.29 is 9.47 Å². The number of nitrogens with one attached hydrogen (secondary N) is 2. The third kappa shape index (κ3) is 5.41. The van der Waals surface area contributed by atoms with Crippen LogP contribution in [0.25, 0.3) is 0 Å². The lowest BCUT2D eigenvalue weighted by Gasteiger charge is -2.27. The monoisotopic (exact) mass is 355 g/mol. The lowest BCUT2D eigenvalue weighted by Crippen LogP contribution is -2.43. The summed E-state index contributed by atoms with van der Waals surface area (Å²) in [5.74, 6) is 2.51. The van der Waals surface area contributed by atoms with Gasteiger partial charge in [0.1, 0.15) is 11.5 Å². The first-order chi connectivity index (χ1) is 12.5. The molecule has 0 atom stereocenters. The summed E-state index contributed by atoms with van der Waals surface area (Å²) >= 11 is 0. The van der Waals surface area contributed by atoms with Crippen LogP contribution in [-0.2, 0) is 12.0 Å². The van der Waals surface area contributed by atoms with E-state index in [4.69, 9.17) is 9.47 Å². The molecule has 5 heteroatoms. The lowest BCUT2D eigenvalue weighted by molar-refractivity contribution is 0.413. The highest BCUT2D eigenvalue weighted by Crippen LogP contribution is 2.24. The number of hydrogen-bond acceptors (Lipinski definition) is 3. The number of hydrogen-bond donors (Lipinski definition) is 2. The zero-order valence-electron chi connectivity index (χ0n) is 16.3. The van der Waals surface area contributed by atoms with Gasteiger partial charge in [-0.15, -0.1) is 0 Å². The highest BCUT2D eigenvalue weighted by atomic mass is 16.5. The van der Waals surface area contributed by atoms with Gasteiger partial charge in [0.25, 0.3) is 0 Å². The first kappa shape index (κ1) is 19.6. The SMILES string of the molecule is CN=C(NCc1ccc(OC)cc1)NCC(C)(C)c1ccc(OC)cc1. The van der Waals surface area contributed by atoms with Crippen molar-refractivity contribution in [2.75, 3.05) is 27.8 Å². The average molecular weight is 355 g/mol. The molecule has 0 aliphatic rings. The number of methoxy groups -OCH3 is 2. The molecule has 0 fully saturated rings. The van der Waals surface area contributed by atoms with E-state index in [9.17, 15) is 0 Å². The Morgan fingerprint density at radius 3 is 1.92 bits per heavy atom. The van der Waals surface area contributed by atoms with E-state index in [1.54, 1.807) is 21.3 Å². The van der Waals surface area contributed by atoms with Crippen molar-refractivity contribution >= 4 is 5.96 Å². The van der Waals surface area contributed by atoms with Gasteiger partial charge in [0, 0.05) is 25.6 Å². The molecule has 140 valence electrons. The van der Waals surface area contributed by atoms with Crippen LogP contribution in [0.3, 0.4) is 0 Å². The van der Waals surface area contributed by atoms with Crippen molar-refractivity contribution in [2.24, 2.45) is 4.99 Å². The second kappa shape index (κ2) is 9.13. The number of ether oxygens (including phenoxy) is 2. The maximum Gasteiger partial charge on any atom is 0.191 e. The molecule has 2 aromatic rings. The summed E-state index contributed by atoms with van der Waals surface area (Å²) in [4.78, 5) is 4.31. The molecule has 0 aliphatic carbocycles. The van der Waals surface area contributed by atoms with Crippen molar-refractivity contribution in [2.45, 2.75) is 25.8 Å². The summed E-state index contributed by atoms with van der Waals surface area (Å²) in [7, 11) is 5.13. The minimum Gasteiger partial charge on any atom is -0.497 e. The molecule has 0 saturated carbocycles. The third-order valence-electron chi connectivity index (χ3n) is 4.41. The summed E-state index contributed by atoms with van der Waals surface area (Å²) < 4.78 is 10.4. The molecule has 5 nitrogen and oxygen atoms in total. The van der Waals surface area contributed by atoms with Crippen LogP contribution in [0, 0.1) is 0 Å². The van der Waals surface area contributed by atoms with E-state index >= 15 is 0 Å². The molecule has 2 rings (SSSR count). The maximum absolute atomic E-state index is 5.23.